The number of aromatic hydroxyl groups is 1. The molecule has 2 saturated heterocycles. The lowest BCUT2D eigenvalue weighted by Gasteiger charge is -2.34. The average Bonchev–Trinajstić information content (AvgIpc) is 1.57. The van der Waals surface area contributed by atoms with Crippen LogP contribution in [0.1, 0.15) is 123 Å². The van der Waals surface area contributed by atoms with Crippen LogP contribution in [0.15, 0.2) is 97.3 Å². The molecule has 584 valence electrons. The minimum atomic E-state index is -5.00. The number of hydrogen-bond donors (Lipinski definition) is 15. The van der Waals surface area contributed by atoms with E-state index in [9.17, 15) is 72.2 Å². The Morgan fingerprint density at radius 3 is 1.95 bits per heavy atom. The SMILES string of the molecule is CCC1NC(=O)[C@@H]2CCCN2C(=O)[C@H](Cc2ccc(O)cc2)NC(=O)C(C(C)(C)C)NC(=O)CCSCc2cccc(c2)CSC[C@@H](C(N)=O)NC(=O)C2NC(=O)[C@@](C)(NC(=O)[C@H](Cc3ccc(OP(=O)(O)O)cc3)NC(=O)[C@H](C)NC(=O)C(C)(C)NC(=O)[C@H](Cc3c[nH]c4ncccc34)NC1=O)C(C)O[C@H]2C. The van der Waals surface area contributed by atoms with Gasteiger partial charge in [0.2, 0.25) is 70.9 Å². The van der Waals surface area contributed by atoms with Gasteiger partial charge in [-0.1, -0.05) is 76.2 Å². The zero-order valence-corrected chi connectivity index (χ0v) is 64.3. The number of pyridine rings is 1. The van der Waals surface area contributed by atoms with Crippen LogP contribution in [0.4, 0.5) is 0 Å². The molecule has 12 amide bonds. The molecule has 0 radical (unpaired) electrons. The van der Waals surface area contributed by atoms with Crippen molar-refractivity contribution in [3.8, 4) is 11.5 Å². The number of primary amides is 1. The van der Waals surface area contributed by atoms with E-state index in [1.54, 1.807) is 64.4 Å². The number of nitrogens with zero attached hydrogens (tertiary/aromatic N) is 2. The molecule has 5 heterocycles. The summed E-state index contributed by atoms with van der Waals surface area (Å²) in [6.45, 7) is 15.2. The number of fused-ring (bicyclic) bond motifs is 7. The molecular formula is C73H97N14O18PS2. The molecule has 35 heteroatoms. The summed E-state index contributed by atoms with van der Waals surface area (Å²) in [5.41, 5.74) is 4.66. The third-order valence-corrected chi connectivity index (χ3v) is 21.5. The van der Waals surface area contributed by atoms with Gasteiger partial charge in [-0.2, -0.15) is 23.5 Å². The average molecular weight is 1550 g/mol. The number of phenols is 1. The fourth-order valence-electron chi connectivity index (χ4n) is 12.5. The van der Waals surface area contributed by atoms with Gasteiger partial charge in [-0.05, 0) is 130 Å². The third kappa shape index (κ3) is 22.7. The second kappa shape index (κ2) is 36.5. The molecule has 0 spiro atoms. The number of phosphoric acid groups is 1. The lowest BCUT2D eigenvalue weighted by atomic mass is 9.85. The van der Waals surface area contributed by atoms with Crippen LogP contribution in [0, 0.1) is 5.41 Å². The number of benzene rings is 3. The van der Waals surface area contributed by atoms with E-state index >= 15 is 4.79 Å². The number of aromatic nitrogens is 2. The van der Waals surface area contributed by atoms with E-state index in [0.717, 1.165) is 11.1 Å². The van der Waals surface area contributed by atoms with Crippen LogP contribution in [-0.4, -0.2) is 196 Å². The Balaban J connectivity index is 1.08. The molecule has 8 rings (SSSR count). The number of nitrogens with one attached hydrogen (secondary N) is 11. The Labute approximate surface area is 633 Å². The quantitative estimate of drug-likeness (QED) is 0.0886. The first-order chi connectivity index (χ1) is 50.8. The van der Waals surface area contributed by atoms with Crippen LogP contribution in [0.2, 0.25) is 0 Å². The van der Waals surface area contributed by atoms with Crippen molar-refractivity contribution < 1.29 is 86.3 Å². The number of phenolic OH excluding ortho intramolecular Hbond substituents is 1. The summed E-state index contributed by atoms with van der Waals surface area (Å²) in [6.07, 6.45) is 0.737. The number of rotatable bonds is 10. The zero-order chi connectivity index (χ0) is 79.2. The van der Waals surface area contributed by atoms with Gasteiger partial charge in [0.15, 0.2) is 0 Å². The maximum atomic E-state index is 15.0. The molecule has 5 aromatic rings. The number of nitrogens with two attached hydrogens (primary N) is 1. The summed E-state index contributed by atoms with van der Waals surface area (Å²) in [5, 5.41) is 37.9. The Morgan fingerprint density at radius 1 is 0.694 bits per heavy atom. The van der Waals surface area contributed by atoms with Crippen LogP contribution in [0.3, 0.4) is 0 Å². The highest BCUT2D eigenvalue weighted by atomic mass is 32.2. The first kappa shape index (κ1) is 84.0. The molecule has 16 N–H and O–H groups in total. The Kier molecular flexibility index (Phi) is 28.4. The highest BCUT2D eigenvalue weighted by Crippen LogP contribution is 2.38. The number of carbonyl (C=O) groups excluding carboxylic acids is 12. The number of thioether (sulfide) groups is 2. The molecular weight excluding hydrogens is 1460 g/mol. The van der Waals surface area contributed by atoms with Crippen molar-refractivity contribution in [2.24, 2.45) is 11.1 Å². The molecule has 3 aromatic carbocycles. The monoisotopic (exact) mass is 1550 g/mol. The topological polar surface area (TPSA) is 479 Å². The summed E-state index contributed by atoms with van der Waals surface area (Å²) in [5.74, 6) is -8.74. The van der Waals surface area contributed by atoms with Crippen molar-refractivity contribution in [3.63, 3.8) is 0 Å². The number of carbonyl (C=O) groups is 12. The van der Waals surface area contributed by atoms with E-state index in [2.05, 4.69) is 63.1 Å². The fourth-order valence-corrected chi connectivity index (χ4v) is 14.8. The van der Waals surface area contributed by atoms with Gasteiger partial charge < -0.3 is 83.2 Å². The molecule has 3 aliphatic heterocycles. The molecule has 2 fully saturated rings. The second-order valence-corrected chi connectivity index (χ2v) is 32.3. The summed E-state index contributed by atoms with van der Waals surface area (Å²) in [7, 11) is -5.00. The van der Waals surface area contributed by atoms with Crippen molar-refractivity contribution in [2.75, 3.05) is 18.1 Å². The number of phosphoric ester groups is 1. The van der Waals surface area contributed by atoms with Crippen LogP contribution in [0.5, 0.6) is 11.5 Å². The van der Waals surface area contributed by atoms with Crippen molar-refractivity contribution in [3.05, 3.63) is 125 Å². The maximum Gasteiger partial charge on any atom is 0.524 e. The van der Waals surface area contributed by atoms with Crippen molar-refractivity contribution >= 4 is 113 Å². The van der Waals surface area contributed by atoms with Crippen LogP contribution in [0.25, 0.3) is 11.0 Å². The minimum absolute atomic E-state index is 0.00522. The summed E-state index contributed by atoms with van der Waals surface area (Å²) in [4.78, 5) is 200. The third-order valence-electron chi connectivity index (χ3n) is 18.9. The van der Waals surface area contributed by atoms with Crippen molar-refractivity contribution in [2.45, 2.75) is 203 Å². The predicted octanol–water partition coefficient (Wildman–Crippen LogP) is 1.75. The fraction of sp³-hybridized carbons (Fsp3) is 0.493. The Bertz CT molecular complexity index is 4190. The first-order valence-electron chi connectivity index (χ1n) is 35.4. The van der Waals surface area contributed by atoms with Gasteiger partial charge >= 0.3 is 7.82 Å². The molecule has 108 heavy (non-hydrogen) atoms. The predicted molar refractivity (Wildman–Crippen MR) is 401 cm³/mol. The van der Waals surface area contributed by atoms with Gasteiger partial charge in [-0.25, -0.2) is 9.55 Å². The van der Waals surface area contributed by atoms with Gasteiger partial charge in [0.05, 0.1) is 12.2 Å². The Hall–Kier alpha value is -9.60. The Morgan fingerprint density at radius 2 is 1.31 bits per heavy atom. The van der Waals surface area contributed by atoms with Gasteiger partial charge in [-0.3, -0.25) is 67.3 Å². The van der Waals surface area contributed by atoms with Gasteiger partial charge in [0.25, 0.3) is 0 Å². The molecule has 4 bridgehead atoms. The largest absolute Gasteiger partial charge is 0.524 e. The molecule has 4 unspecified atom stereocenters. The highest BCUT2D eigenvalue weighted by molar-refractivity contribution is 7.98. The van der Waals surface area contributed by atoms with Crippen LogP contribution in [-0.2, 0) is 97.6 Å². The van der Waals surface area contributed by atoms with E-state index in [-0.39, 0.29) is 62.3 Å². The highest BCUT2D eigenvalue weighted by Gasteiger charge is 2.50. The first-order valence-corrected chi connectivity index (χ1v) is 39.3. The van der Waals surface area contributed by atoms with Gasteiger partial charge in [0.1, 0.15) is 82.6 Å². The zero-order valence-electron chi connectivity index (χ0n) is 61.8. The van der Waals surface area contributed by atoms with Crippen molar-refractivity contribution in [1.82, 2.24) is 68.0 Å². The summed E-state index contributed by atoms with van der Waals surface area (Å²) < 4.78 is 22.6. The van der Waals surface area contributed by atoms with E-state index < -0.39 is 162 Å². The van der Waals surface area contributed by atoms with E-state index in [1.165, 1.54) is 106 Å². The standard InChI is InChI=1S/C73H97N14O18PS2/c1-11-50-62(92)80-52(34-46-35-76-60-49(46)17-13-28-75-60)63(93)85-72(8,9)69(99)77-39(2)61(91)79-51(32-43-21-25-48(26-22-43)105-106(101,102)103)64(94)86-73(10)41(4)104-40(3)57(84-70(73)100)66(96)82-54(59(74)90)38-108-37-45-16-12-15-44(31-45)36-107-30-27-56(89)83-58(71(5,6)7)67(97)81-53(33-42-19-23-47(88)24-20-42)68(98)87-29-14-18-55(87)65(95)78-50/h12-13,15-17,19-26,28,31,35,39-41,50-55,57-58,88H,11,14,18,27,29-30,32-34,36-38H2,1-10H3,(H2,74,90)(H,75,76)(H,77,99)(H,78,95)(H,79,91)(H,80,92)(H,81,97)(H,82,96)(H,83,89)(H,84,100)(H,85,93)(H,86,94)(H2,101,102,103)/t39-,40-,41?,50?,51-,52-,53-,54-,55-,57?,58?,73-/m0/s1. The van der Waals surface area contributed by atoms with Gasteiger partial charge in [0, 0.05) is 73.0 Å². The number of amides is 12. The van der Waals surface area contributed by atoms with Crippen LogP contribution < -0.4 is 63.4 Å². The summed E-state index contributed by atoms with van der Waals surface area (Å²) >= 11 is 2.76. The molecule has 2 aromatic heterocycles. The van der Waals surface area contributed by atoms with E-state index in [1.807, 2.05) is 24.3 Å². The minimum Gasteiger partial charge on any atom is -0.508 e. The van der Waals surface area contributed by atoms with Crippen LogP contribution >= 0.6 is 31.3 Å². The molecule has 3 aliphatic rings. The maximum absolute atomic E-state index is 15.0. The van der Waals surface area contributed by atoms with Gasteiger partial charge in [-0.15, -0.1) is 0 Å². The molecule has 12 atom stereocenters. The summed E-state index contributed by atoms with van der Waals surface area (Å²) in [6, 6.07) is 9.97. The van der Waals surface area contributed by atoms with Crippen molar-refractivity contribution in [1.29, 1.82) is 0 Å². The number of ether oxygens (including phenoxy) is 1. The number of aromatic amines is 1. The normalized spacial score (nSPS) is 26.6. The molecule has 32 nitrogen and oxygen atoms in total. The van der Waals surface area contributed by atoms with E-state index in [4.69, 9.17) is 15.0 Å². The lowest BCUT2D eigenvalue weighted by Crippen LogP contribution is -2.66. The molecule has 0 saturated carbocycles. The smallest absolute Gasteiger partial charge is 0.508 e. The number of hydrogen-bond acceptors (Lipinski definition) is 19. The van der Waals surface area contributed by atoms with E-state index in [0.29, 0.717) is 51.4 Å². The lowest BCUT2D eigenvalue weighted by molar-refractivity contribution is -0.143. The second-order valence-electron chi connectivity index (χ2n) is 29.0. The number of H-pyrrole nitrogens is 1. The molecule has 0 aliphatic carbocycles.